The highest BCUT2D eigenvalue weighted by Crippen LogP contribution is 2.35. The van der Waals surface area contributed by atoms with Gasteiger partial charge in [0.1, 0.15) is 6.10 Å². The summed E-state index contributed by atoms with van der Waals surface area (Å²) in [5, 5.41) is 9.25. The zero-order chi connectivity index (χ0) is 15.1. The second-order valence-corrected chi connectivity index (χ2v) is 5.37. The number of nitrogens with zero attached hydrogens (tertiary/aromatic N) is 2. The normalized spacial score (nSPS) is 24.2. The predicted octanol–water partition coefficient (Wildman–Crippen LogP) is 1.40. The number of fused-ring (bicyclic) bond motifs is 1. The summed E-state index contributed by atoms with van der Waals surface area (Å²) in [6.45, 7) is 2.58. The highest BCUT2D eigenvalue weighted by atomic mass is 16.6. The fourth-order valence-electron chi connectivity index (χ4n) is 2.93. The summed E-state index contributed by atoms with van der Waals surface area (Å²) in [5.41, 5.74) is 7.84. The van der Waals surface area contributed by atoms with Crippen LogP contribution >= 0.6 is 0 Å². The maximum absolute atomic E-state index is 11.8. The van der Waals surface area contributed by atoms with Crippen molar-refractivity contribution in [1.82, 2.24) is 0 Å². The van der Waals surface area contributed by atoms with E-state index >= 15 is 0 Å². The van der Waals surface area contributed by atoms with Gasteiger partial charge in [0, 0.05) is 18.3 Å². The van der Waals surface area contributed by atoms with E-state index in [2.05, 4.69) is 0 Å². The van der Waals surface area contributed by atoms with Crippen LogP contribution in [0, 0.1) is 0 Å². The van der Waals surface area contributed by atoms with Gasteiger partial charge in [-0.15, -0.1) is 0 Å². The molecule has 0 spiro atoms. The monoisotopic (exact) mass is 291 g/mol. The minimum atomic E-state index is -0.960. The van der Waals surface area contributed by atoms with Gasteiger partial charge < -0.3 is 15.6 Å². The Morgan fingerprint density at radius 2 is 2.29 bits per heavy atom. The second kappa shape index (κ2) is 4.92. The lowest BCUT2D eigenvalue weighted by Crippen LogP contribution is -2.34. The van der Waals surface area contributed by atoms with Crippen LogP contribution in [0.4, 0.5) is 21.0 Å². The standard InChI is InChI=1S/C14H17N3O4/c1-8-4-9-5-10(2-3-12(9)17(8)13(18)19)16-7-11(6-15)21-14(16)20/h2-3,5,8,11H,4,6-7,15H2,1H3,(H,18,19)/t8-,11+/m1/s1. The molecule has 3 rings (SSSR count). The van der Waals surface area contributed by atoms with Crippen LogP contribution in [0.5, 0.6) is 0 Å². The van der Waals surface area contributed by atoms with E-state index in [0.29, 0.717) is 24.3 Å². The third kappa shape index (κ3) is 2.19. The first-order chi connectivity index (χ1) is 10.0. The van der Waals surface area contributed by atoms with E-state index in [9.17, 15) is 14.7 Å². The number of carbonyl (C=O) groups excluding carboxylic acids is 1. The number of benzene rings is 1. The SMILES string of the molecule is C[C@@H]1Cc2cc(N3C[C@H](CN)OC3=O)ccc2N1C(=O)O. The highest BCUT2D eigenvalue weighted by Gasteiger charge is 2.34. The first-order valence-electron chi connectivity index (χ1n) is 6.84. The number of carboxylic acid groups (broad SMARTS) is 1. The number of cyclic esters (lactones) is 1. The molecule has 21 heavy (non-hydrogen) atoms. The number of hydrogen-bond acceptors (Lipinski definition) is 4. The van der Waals surface area contributed by atoms with E-state index in [0.717, 1.165) is 5.56 Å². The average molecular weight is 291 g/mol. The molecule has 0 saturated carbocycles. The molecule has 2 heterocycles. The molecule has 0 aromatic heterocycles. The Kier molecular flexibility index (Phi) is 3.21. The first kappa shape index (κ1) is 13.7. The zero-order valence-electron chi connectivity index (χ0n) is 11.7. The molecule has 7 heteroatoms. The van der Waals surface area contributed by atoms with Gasteiger partial charge in [-0.1, -0.05) is 0 Å². The Morgan fingerprint density at radius 3 is 2.90 bits per heavy atom. The number of amides is 2. The fraction of sp³-hybridized carbons (Fsp3) is 0.429. The van der Waals surface area contributed by atoms with Gasteiger partial charge in [0.15, 0.2) is 0 Å². The molecule has 2 amide bonds. The lowest BCUT2D eigenvalue weighted by Gasteiger charge is -2.19. The minimum Gasteiger partial charge on any atom is -0.465 e. The summed E-state index contributed by atoms with van der Waals surface area (Å²) in [7, 11) is 0. The van der Waals surface area contributed by atoms with E-state index in [1.807, 2.05) is 13.0 Å². The minimum absolute atomic E-state index is 0.102. The lowest BCUT2D eigenvalue weighted by molar-refractivity contribution is 0.145. The molecule has 112 valence electrons. The Bertz CT molecular complexity index is 604. The fourth-order valence-corrected chi connectivity index (χ4v) is 2.93. The van der Waals surface area contributed by atoms with Crippen molar-refractivity contribution in [1.29, 1.82) is 0 Å². The largest absolute Gasteiger partial charge is 0.465 e. The van der Waals surface area contributed by atoms with Crippen LogP contribution in [0.2, 0.25) is 0 Å². The topological polar surface area (TPSA) is 96.1 Å². The summed E-state index contributed by atoms with van der Waals surface area (Å²) in [4.78, 5) is 26.0. The maximum Gasteiger partial charge on any atom is 0.414 e. The average Bonchev–Trinajstić information content (AvgIpc) is 2.96. The molecular formula is C14H17N3O4. The van der Waals surface area contributed by atoms with Crippen LogP contribution < -0.4 is 15.5 Å². The van der Waals surface area contributed by atoms with Gasteiger partial charge in [-0.25, -0.2) is 9.59 Å². The van der Waals surface area contributed by atoms with Crippen molar-refractivity contribution in [2.45, 2.75) is 25.5 Å². The summed E-state index contributed by atoms with van der Waals surface area (Å²) in [5.74, 6) is 0. The Balaban J connectivity index is 1.90. The van der Waals surface area contributed by atoms with Crippen molar-refractivity contribution in [3.8, 4) is 0 Å². The Morgan fingerprint density at radius 1 is 1.52 bits per heavy atom. The van der Waals surface area contributed by atoms with Crippen LogP contribution in [0.25, 0.3) is 0 Å². The molecule has 3 N–H and O–H groups in total. The first-order valence-corrected chi connectivity index (χ1v) is 6.84. The summed E-state index contributed by atoms with van der Waals surface area (Å²) in [6, 6.07) is 5.24. The third-order valence-corrected chi connectivity index (χ3v) is 3.93. The molecule has 2 aliphatic heterocycles. The molecule has 1 aromatic rings. The molecule has 1 saturated heterocycles. The molecule has 2 atom stereocenters. The van der Waals surface area contributed by atoms with Gasteiger partial charge in [0.05, 0.1) is 12.2 Å². The molecule has 2 aliphatic rings. The van der Waals surface area contributed by atoms with E-state index in [-0.39, 0.29) is 18.7 Å². The molecule has 0 aliphatic carbocycles. The molecule has 1 fully saturated rings. The third-order valence-electron chi connectivity index (χ3n) is 3.93. The Hall–Kier alpha value is -2.28. The number of anilines is 2. The molecular weight excluding hydrogens is 274 g/mol. The molecule has 0 unspecified atom stereocenters. The number of nitrogens with two attached hydrogens (primary N) is 1. The molecule has 1 aromatic carbocycles. The van der Waals surface area contributed by atoms with Crippen LogP contribution in [0.3, 0.4) is 0 Å². The molecule has 0 radical (unpaired) electrons. The molecule has 7 nitrogen and oxygen atoms in total. The van der Waals surface area contributed by atoms with Gasteiger partial charge in [0.25, 0.3) is 0 Å². The quantitative estimate of drug-likeness (QED) is 0.858. The van der Waals surface area contributed by atoms with Crippen LogP contribution in [0.15, 0.2) is 18.2 Å². The summed E-state index contributed by atoms with van der Waals surface area (Å²) < 4.78 is 5.13. The Labute approximate surface area is 121 Å². The van der Waals surface area contributed by atoms with E-state index < -0.39 is 12.2 Å². The zero-order valence-corrected chi connectivity index (χ0v) is 11.7. The van der Waals surface area contributed by atoms with Crippen molar-refractivity contribution >= 4 is 23.6 Å². The number of carbonyl (C=O) groups is 2. The van der Waals surface area contributed by atoms with Gasteiger partial charge in [-0.2, -0.15) is 0 Å². The van der Waals surface area contributed by atoms with Crippen LogP contribution in [0.1, 0.15) is 12.5 Å². The van der Waals surface area contributed by atoms with Gasteiger partial charge in [-0.05, 0) is 37.1 Å². The predicted molar refractivity (Wildman–Crippen MR) is 76.8 cm³/mol. The van der Waals surface area contributed by atoms with Crippen molar-refractivity contribution < 1.29 is 19.4 Å². The lowest BCUT2D eigenvalue weighted by atomic mass is 10.1. The van der Waals surface area contributed by atoms with Crippen molar-refractivity contribution in [2.75, 3.05) is 22.9 Å². The number of hydrogen-bond donors (Lipinski definition) is 2. The second-order valence-electron chi connectivity index (χ2n) is 5.37. The smallest absolute Gasteiger partial charge is 0.414 e. The summed E-state index contributed by atoms with van der Waals surface area (Å²) in [6.07, 6.45) is -1.02. The van der Waals surface area contributed by atoms with Crippen LogP contribution in [-0.2, 0) is 11.2 Å². The summed E-state index contributed by atoms with van der Waals surface area (Å²) >= 11 is 0. The van der Waals surface area contributed by atoms with E-state index in [1.54, 1.807) is 12.1 Å². The number of ether oxygens (including phenoxy) is 1. The van der Waals surface area contributed by atoms with Gasteiger partial charge in [-0.3, -0.25) is 9.80 Å². The molecule has 0 bridgehead atoms. The van der Waals surface area contributed by atoms with Crippen LogP contribution in [-0.4, -0.2) is 42.5 Å². The highest BCUT2D eigenvalue weighted by molar-refractivity contribution is 5.93. The maximum atomic E-state index is 11.8. The van der Waals surface area contributed by atoms with Gasteiger partial charge in [0.2, 0.25) is 0 Å². The van der Waals surface area contributed by atoms with Crippen molar-refractivity contribution in [3.05, 3.63) is 23.8 Å². The van der Waals surface area contributed by atoms with Crippen molar-refractivity contribution in [3.63, 3.8) is 0 Å². The van der Waals surface area contributed by atoms with Gasteiger partial charge >= 0.3 is 12.2 Å². The van der Waals surface area contributed by atoms with E-state index in [1.165, 1.54) is 9.80 Å². The van der Waals surface area contributed by atoms with E-state index in [4.69, 9.17) is 10.5 Å². The number of rotatable bonds is 2. The van der Waals surface area contributed by atoms with Crippen molar-refractivity contribution in [2.24, 2.45) is 5.73 Å².